The molecule has 154 valence electrons. The second-order valence-corrected chi connectivity index (χ2v) is 6.76. The molecule has 1 aliphatic heterocycles. The van der Waals surface area contributed by atoms with Gasteiger partial charge in [-0.25, -0.2) is 18.6 Å². The maximum absolute atomic E-state index is 14.1. The number of nitriles is 1. The topological polar surface area (TPSA) is 98.2 Å². The molecule has 1 aromatic heterocycles. The Labute approximate surface area is 180 Å². The van der Waals surface area contributed by atoms with Crippen molar-refractivity contribution in [2.45, 2.75) is 12.8 Å². The highest BCUT2D eigenvalue weighted by Crippen LogP contribution is 2.44. The quantitative estimate of drug-likeness (QED) is 0.544. The van der Waals surface area contributed by atoms with E-state index in [4.69, 9.17) is 38.4 Å². The summed E-state index contributed by atoms with van der Waals surface area (Å²) in [4.78, 5) is 16.6. The summed E-state index contributed by atoms with van der Waals surface area (Å²) in [5, 5.41) is 8.90. The zero-order valence-corrected chi connectivity index (χ0v) is 16.9. The van der Waals surface area contributed by atoms with Gasteiger partial charge in [-0.05, 0) is 30.7 Å². The molecule has 1 unspecified atom stereocenters. The van der Waals surface area contributed by atoms with Crippen LogP contribution >= 0.6 is 23.2 Å². The Kier molecular flexibility index (Phi) is 6.25. The number of carbonyl (C=O) groups excluding carboxylic acids is 1. The van der Waals surface area contributed by atoms with Gasteiger partial charge >= 0.3 is 5.97 Å². The van der Waals surface area contributed by atoms with Crippen molar-refractivity contribution in [3.8, 4) is 6.07 Å². The number of rotatable bonds is 4. The summed E-state index contributed by atoms with van der Waals surface area (Å²) >= 11 is 11.8. The maximum atomic E-state index is 14.1. The number of hydrogen-bond acceptors (Lipinski definition) is 6. The van der Waals surface area contributed by atoms with Crippen molar-refractivity contribution >= 4 is 34.9 Å². The first-order valence-electron chi connectivity index (χ1n) is 8.54. The molecule has 0 bridgehead atoms. The largest absolute Gasteiger partial charge is 0.463 e. The van der Waals surface area contributed by atoms with E-state index in [1.54, 1.807) is 6.92 Å². The first kappa shape index (κ1) is 21.6. The Morgan fingerprint density at radius 1 is 1.30 bits per heavy atom. The van der Waals surface area contributed by atoms with Gasteiger partial charge in [-0.15, -0.1) is 0 Å². The lowest BCUT2D eigenvalue weighted by Gasteiger charge is -2.28. The Balaban J connectivity index is 2.34. The van der Waals surface area contributed by atoms with Crippen molar-refractivity contribution in [1.29, 1.82) is 5.26 Å². The average Bonchev–Trinajstić information content (AvgIpc) is 2.70. The lowest BCUT2D eigenvalue weighted by molar-refractivity contribution is -0.138. The number of nitrogens with zero attached hydrogens (tertiary/aromatic N) is 2. The minimum atomic E-state index is -1.08. The number of ether oxygens (including phenoxy) is 2. The number of esters is 1. The molecule has 2 N–H and O–H groups in total. The van der Waals surface area contributed by atoms with Crippen molar-refractivity contribution in [1.82, 2.24) is 4.98 Å². The monoisotopic (exact) mass is 451 g/mol. The van der Waals surface area contributed by atoms with E-state index in [2.05, 4.69) is 4.98 Å². The molecule has 0 spiro atoms. The summed E-state index contributed by atoms with van der Waals surface area (Å²) < 4.78 is 38.2. The van der Waals surface area contributed by atoms with Crippen LogP contribution in [0.5, 0.6) is 0 Å². The highest BCUT2D eigenvalue weighted by Gasteiger charge is 2.39. The summed E-state index contributed by atoms with van der Waals surface area (Å²) in [5.74, 6) is -3.94. The number of pyridine rings is 1. The second-order valence-electron chi connectivity index (χ2n) is 6.04. The van der Waals surface area contributed by atoms with Gasteiger partial charge in [-0.1, -0.05) is 35.3 Å². The molecule has 3 rings (SSSR count). The van der Waals surface area contributed by atoms with Crippen LogP contribution < -0.4 is 5.73 Å². The minimum Gasteiger partial charge on any atom is -0.463 e. The van der Waals surface area contributed by atoms with Gasteiger partial charge in [0.1, 0.15) is 22.6 Å². The molecular weight excluding hydrogens is 439 g/mol. The fourth-order valence-corrected chi connectivity index (χ4v) is 3.38. The van der Waals surface area contributed by atoms with Crippen LogP contribution in [0.1, 0.15) is 24.0 Å². The molecule has 0 fully saturated rings. The number of hydrogen-bond donors (Lipinski definition) is 1. The number of carbonyl (C=O) groups is 1. The molecule has 0 saturated carbocycles. The Morgan fingerprint density at radius 3 is 2.57 bits per heavy atom. The fourth-order valence-electron chi connectivity index (χ4n) is 2.97. The van der Waals surface area contributed by atoms with Gasteiger partial charge in [0.25, 0.3) is 0 Å². The predicted octanol–water partition coefficient (Wildman–Crippen LogP) is 4.45. The minimum absolute atomic E-state index is 0.00773. The van der Waals surface area contributed by atoms with Crippen LogP contribution in [0.15, 0.2) is 47.4 Å². The van der Waals surface area contributed by atoms with Gasteiger partial charge in [0.15, 0.2) is 16.7 Å². The van der Waals surface area contributed by atoms with Gasteiger partial charge in [0.05, 0.1) is 23.7 Å². The van der Waals surface area contributed by atoms with Gasteiger partial charge in [-0.2, -0.15) is 5.26 Å². The zero-order chi connectivity index (χ0) is 22.0. The van der Waals surface area contributed by atoms with Crippen LogP contribution in [-0.2, 0) is 14.3 Å². The molecule has 10 heteroatoms. The van der Waals surface area contributed by atoms with Crippen molar-refractivity contribution in [2.24, 2.45) is 5.73 Å². The smallest absolute Gasteiger partial charge is 0.338 e. The lowest BCUT2D eigenvalue weighted by atomic mass is 9.82. The van der Waals surface area contributed by atoms with Crippen LogP contribution in [-0.4, -0.2) is 17.6 Å². The summed E-state index contributed by atoms with van der Waals surface area (Å²) in [6, 6.07) is 7.92. The molecule has 1 atom stereocenters. The van der Waals surface area contributed by atoms with E-state index in [-0.39, 0.29) is 40.1 Å². The third kappa shape index (κ3) is 3.95. The second kappa shape index (κ2) is 8.69. The highest BCUT2D eigenvalue weighted by molar-refractivity contribution is 6.33. The standard InChI is InChI=1S/C20H13Cl2F2N3O3/c1-2-29-20(28)15-14(9-3-5-10(23)6-4-9)12(8-25)19(26)30-16(15)11-7-13(24)18(22)27-17(11)21/h3-7,14H,2,26H2,1H3. The third-order valence-corrected chi connectivity index (χ3v) is 4.80. The van der Waals surface area contributed by atoms with Crippen LogP contribution in [0.3, 0.4) is 0 Å². The molecule has 2 heterocycles. The molecular formula is C20H13Cl2F2N3O3. The van der Waals surface area contributed by atoms with Crippen molar-refractivity contribution in [2.75, 3.05) is 6.61 Å². The van der Waals surface area contributed by atoms with E-state index in [9.17, 15) is 18.8 Å². The van der Waals surface area contributed by atoms with E-state index in [1.165, 1.54) is 12.1 Å². The Morgan fingerprint density at radius 2 is 1.97 bits per heavy atom. The molecule has 2 aromatic rings. The zero-order valence-electron chi connectivity index (χ0n) is 15.4. The SMILES string of the molecule is CCOC(=O)C1=C(c2cc(F)c(Cl)nc2Cl)OC(N)=C(C#N)C1c1ccc(F)cc1. The van der Waals surface area contributed by atoms with Crippen LogP contribution in [0.25, 0.3) is 5.76 Å². The average molecular weight is 452 g/mol. The molecule has 1 aromatic carbocycles. The molecule has 0 aliphatic carbocycles. The normalized spacial score (nSPS) is 16.2. The number of halogens is 4. The van der Waals surface area contributed by atoms with Gasteiger partial charge in [-0.3, -0.25) is 0 Å². The summed E-state index contributed by atoms with van der Waals surface area (Å²) in [5.41, 5.74) is 5.89. The lowest BCUT2D eigenvalue weighted by Crippen LogP contribution is -2.26. The molecule has 1 aliphatic rings. The maximum Gasteiger partial charge on any atom is 0.338 e. The van der Waals surface area contributed by atoms with E-state index < -0.39 is 28.7 Å². The number of benzene rings is 1. The van der Waals surface area contributed by atoms with Crippen LogP contribution in [0.4, 0.5) is 8.78 Å². The van der Waals surface area contributed by atoms with E-state index in [0.29, 0.717) is 5.56 Å². The molecule has 30 heavy (non-hydrogen) atoms. The van der Waals surface area contributed by atoms with Crippen molar-refractivity contribution < 1.29 is 23.0 Å². The summed E-state index contributed by atoms with van der Waals surface area (Å²) in [6.45, 7) is 1.59. The molecule has 0 radical (unpaired) electrons. The first-order chi connectivity index (χ1) is 14.3. The van der Waals surface area contributed by atoms with E-state index in [1.807, 2.05) is 6.07 Å². The van der Waals surface area contributed by atoms with E-state index in [0.717, 1.165) is 18.2 Å². The molecule has 6 nitrogen and oxygen atoms in total. The van der Waals surface area contributed by atoms with E-state index >= 15 is 0 Å². The van der Waals surface area contributed by atoms with Crippen molar-refractivity contribution in [3.05, 3.63) is 80.4 Å². The first-order valence-corrected chi connectivity index (χ1v) is 9.30. The Hall–Kier alpha value is -3.15. The number of aromatic nitrogens is 1. The fraction of sp³-hybridized carbons (Fsp3) is 0.150. The molecule has 0 saturated heterocycles. The van der Waals surface area contributed by atoms with Crippen molar-refractivity contribution in [3.63, 3.8) is 0 Å². The van der Waals surface area contributed by atoms with Gasteiger partial charge < -0.3 is 15.2 Å². The van der Waals surface area contributed by atoms with Crippen LogP contribution in [0.2, 0.25) is 10.3 Å². The van der Waals surface area contributed by atoms with Gasteiger partial charge in [0.2, 0.25) is 5.88 Å². The van der Waals surface area contributed by atoms with Gasteiger partial charge in [0, 0.05) is 0 Å². The third-order valence-electron chi connectivity index (χ3n) is 4.25. The Bertz CT molecular complexity index is 1130. The predicted molar refractivity (Wildman–Crippen MR) is 105 cm³/mol. The van der Waals surface area contributed by atoms with Crippen LogP contribution in [0, 0.1) is 23.0 Å². The molecule has 0 amide bonds. The number of allylic oxidation sites excluding steroid dienone is 1. The highest BCUT2D eigenvalue weighted by atomic mass is 35.5. The summed E-state index contributed by atoms with van der Waals surface area (Å²) in [7, 11) is 0. The number of nitrogens with two attached hydrogens (primary N) is 1. The summed E-state index contributed by atoms with van der Waals surface area (Å²) in [6.07, 6.45) is 0.